The van der Waals surface area contributed by atoms with Crippen molar-refractivity contribution in [3.8, 4) is 0 Å². The Balaban J connectivity index is 5.70. The highest BCUT2D eigenvalue weighted by Crippen LogP contribution is 2.39. The zero-order valence-corrected chi connectivity index (χ0v) is 16.5. The highest BCUT2D eigenvalue weighted by Gasteiger charge is 2.44. The predicted molar refractivity (Wildman–Crippen MR) is 93.0 cm³/mol. The largest absolute Gasteiger partial charge is 0.461 e. The Kier molecular flexibility index (Phi) is 8.30. The Bertz CT molecular complexity index is 351. The fourth-order valence-electron chi connectivity index (χ4n) is 2.85. The molecule has 0 spiro atoms. The lowest BCUT2D eigenvalue weighted by atomic mass is 9.71. The first-order valence-electron chi connectivity index (χ1n) is 8.77. The third kappa shape index (κ3) is 6.92. The molecule has 0 fully saturated rings. The maximum atomic E-state index is 11.9. The zero-order valence-electron chi connectivity index (χ0n) is 16.5. The van der Waals surface area contributed by atoms with Gasteiger partial charge in [0.2, 0.25) is 0 Å². The number of esters is 2. The van der Waals surface area contributed by atoms with Crippen LogP contribution < -0.4 is 0 Å². The second-order valence-corrected chi connectivity index (χ2v) is 8.33. The molecular weight excluding hydrogens is 292 g/mol. The topological polar surface area (TPSA) is 52.6 Å². The van der Waals surface area contributed by atoms with Crippen LogP contribution in [0.25, 0.3) is 0 Å². The van der Waals surface area contributed by atoms with E-state index >= 15 is 0 Å². The Labute approximate surface area is 142 Å². The molecule has 0 radical (unpaired) electrons. The minimum atomic E-state index is -0.297. The first kappa shape index (κ1) is 21.9. The van der Waals surface area contributed by atoms with E-state index in [1.807, 2.05) is 0 Å². The molecule has 0 saturated carbocycles. The van der Waals surface area contributed by atoms with Crippen LogP contribution in [0.2, 0.25) is 0 Å². The van der Waals surface area contributed by atoms with Gasteiger partial charge in [-0.25, -0.2) is 0 Å². The first-order valence-corrected chi connectivity index (χ1v) is 8.77. The lowest BCUT2D eigenvalue weighted by Gasteiger charge is -2.43. The second-order valence-electron chi connectivity index (χ2n) is 8.33. The molecule has 0 aliphatic heterocycles. The van der Waals surface area contributed by atoms with Crippen LogP contribution in [-0.4, -0.2) is 24.1 Å². The van der Waals surface area contributed by atoms with Crippen LogP contribution in [0, 0.1) is 16.7 Å². The van der Waals surface area contributed by atoms with Crippen molar-refractivity contribution < 1.29 is 19.1 Å². The lowest BCUT2D eigenvalue weighted by molar-refractivity contribution is -0.178. The third-order valence-electron chi connectivity index (χ3n) is 4.05. The molecule has 0 rings (SSSR count). The van der Waals surface area contributed by atoms with Gasteiger partial charge in [0.05, 0.1) is 0 Å². The van der Waals surface area contributed by atoms with Crippen LogP contribution in [0.4, 0.5) is 0 Å². The summed E-state index contributed by atoms with van der Waals surface area (Å²) < 4.78 is 11.6. The average molecular weight is 328 g/mol. The summed E-state index contributed by atoms with van der Waals surface area (Å²) in [6, 6.07) is 0. The summed E-state index contributed by atoms with van der Waals surface area (Å²) in [5.74, 6) is -0.461. The van der Waals surface area contributed by atoms with Crippen LogP contribution in [-0.2, 0) is 19.1 Å². The highest BCUT2D eigenvalue weighted by atomic mass is 16.6. The summed E-state index contributed by atoms with van der Waals surface area (Å²) in [7, 11) is 0. The van der Waals surface area contributed by atoms with E-state index in [-0.39, 0.29) is 40.9 Å². The summed E-state index contributed by atoms with van der Waals surface area (Å²) in [5, 5.41) is 0. The van der Waals surface area contributed by atoms with E-state index in [4.69, 9.17) is 9.47 Å². The molecule has 23 heavy (non-hydrogen) atoms. The number of carbonyl (C=O) groups excluding carboxylic acids is 2. The molecule has 0 bridgehead atoms. The van der Waals surface area contributed by atoms with Gasteiger partial charge in [0.15, 0.2) is 0 Å². The van der Waals surface area contributed by atoms with E-state index in [0.717, 1.165) is 6.42 Å². The summed E-state index contributed by atoms with van der Waals surface area (Å²) in [6.45, 7) is 18.0. The van der Waals surface area contributed by atoms with Gasteiger partial charge < -0.3 is 9.47 Å². The fraction of sp³-hybridized carbons (Fsp3) is 0.895. The van der Waals surface area contributed by atoms with E-state index in [9.17, 15) is 9.59 Å². The Morgan fingerprint density at radius 3 is 1.22 bits per heavy atom. The van der Waals surface area contributed by atoms with Gasteiger partial charge in [0.25, 0.3) is 0 Å². The van der Waals surface area contributed by atoms with Crippen molar-refractivity contribution in [2.75, 3.05) is 0 Å². The van der Waals surface area contributed by atoms with E-state index < -0.39 is 0 Å². The monoisotopic (exact) mass is 328 g/mol. The van der Waals surface area contributed by atoms with Gasteiger partial charge in [-0.2, -0.15) is 0 Å². The van der Waals surface area contributed by atoms with Crippen molar-refractivity contribution in [1.29, 1.82) is 0 Å². The number of carbonyl (C=O) groups is 2. The quantitative estimate of drug-likeness (QED) is 0.633. The highest BCUT2D eigenvalue weighted by molar-refractivity contribution is 5.69. The van der Waals surface area contributed by atoms with Gasteiger partial charge in [0, 0.05) is 18.8 Å². The number of hydrogen-bond donors (Lipinski definition) is 0. The molecule has 0 N–H and O–H groups in total. The van der Waals surface area contributed by atoms with Crippen molar-refractivity contribution in [3.63, 3.8) is 0 Å². The van der Waals surface area contributed by atoms with E-state index in [2.05, 4.69) is 48.5 Å². The van der Waals surface area contributed by atoms with Gasteiger partial charge in [-0.1, -0.05) is 62.3 Å². The number of ether oxygens (including phenoxy) is 2. The van der Waals surface area contributed by atoms with Crippen molar-refractivity contribution in [3.05, 3.63) is 0 Å². The third-order valence-corrected chi connectivity index (χ3v) is 4.05. The normalized spacial score (nSPS) is 16.4. The number of rotatable bonds is 7. The molecule has 0 saturated heterocycles. The van der Waals surface area contributed by atoms with Crippen molar-refractivity contribution in [1.82, 2.24) is 0 Å². The van der Waals surface area contributed by atoms with E-state index in [1.165, 1.54) is 0 Å². The Hall–Kier alpha value is -1.06. The minimum absolute atomic E-state index is 0.0407. The molecule has 0 aliphatic carbocycles. The predicted octanol–water partition coefficient (Wildman–Crippen LogP) is 4.75. The Morgan fingerprint density at radius 1 is 0.739 bits per heavy atom. The molecule has 4 nitrogen and oxygen atoms in total. The molecule has 0 amide bonds. The van der Waals surface area contributed by atoms with Crippen molar-refractivity contribution in [2.24, 2.45) is 16.7 Å². The van der Waals surface area contributed by atoms with Crippen LogP contribution in [0.1, 0.15) is 81.6 Å². The molecular formula is C19H36O4. The molecule has 136 valence electrons. The van der Waals surface area contributed by atoms with Crippen LogP contribution >= 0.6 is 0 Å². The minimum Gasteiger partial charge on any atom is -0.461 e. The standard InChI is InChI=1S/C19H36O4/c1-10-13(16(18(4,5)6)22-14(20)11-2)17(19(7,8)9)23-15(21)12-3/h13,16-17H,10-12H2,1-9H3. The molecule has 2 unspecified atom stereocenters. The molecule has 4 heteroatoms. The fourth-order valence-corrected chi connectivity index (χ4v) is 2.85. The summed E-state index contributed by atoms with van der Waals surface area (Å²) in [4.78, 5) is 23.8. The summed E-state index contributed by atoms with van der Waals surface area (Å²) in [5.41, 5.74) is -0.457. The van der Waals surface area contributed by atoms with E-state index in [0.29, 0.717) is 12.8 Å². The molecule has 0 aromatic heterocycles. The average Bonchev–Trinajstić information content (AvgIpc) is 2.42. The van der Waals surface area contributed by atoms with Gasteiger partial charge in [0.1, 0.15) is 12.2 Å². The Morgan fingerprint density at radius 2 is 1.04 bits per heavy atom. The maximum Gasteiger partial charge on any atom is 0.305 e. The second kappa shape index (κ2) is 8.70. The molecule has 0 heterocycles. The van der Waals surface area contributed by atoms with Gasteiger partial charge in [-0.05, 0) is 17.3 Å². The SMILES string of the molecule is CCC(=O)OC(C(CC)C(OC(=O)CC)C(C)(C)C)C(C)(C)C. The van der Waals surface area contributed by atoms with Crippen molar-refractivity contribution in [2.45, 2.75) is 93.8 Å². The zero-order chi connectivity index (χ0) is 18.4. The van der Waals surface area contributed by atoms with Crippen LogP contribution in [0.5, 0.6) is 0 Å². The molecule has 0 aromatic carbocycles. The molecule has 0 aliphatic rings. The maximum absolute atomic E-state index is 11.9. The molecule has 0 aromatic rings. The summed E-state index contributed by atoms with van der Waals surface area (Å²) in [6.07, 6.45) is 0.871. The molecule has 2 atom stereocenters. The van der Waals surface area contributed by atoms with Crippen LogP contribution in [0.3, 0.4) is 0 Å². The number of hydrogen-bond acceptors (Lipinski definition) is 4. The lowest BCUT2D eigenvalue weighted by Crippen LogP contribution is -2.49. The van der Waals surface area contributed by atoms with Crippen LogP contribution in [0.15, 0.2) is 0 Å². The van der Waals surface area contributed by atoms with Crippen molar-refractivity contribution >= 4 is 11.9 Å². The summed E-state index contributed by atoms with van der Waals surface area (Å²) >= 11 is 0. The first-order chi connectivity index (χ1) is 10.4. The van der Waals surface area contributed by atoms with Gasteiger partial charge in [-0.3, -0.25) is 9.59 Å². The smallest absolute Gasteiger partial charge is 0.305 e. The van der Waals surface area contributed by atoms with Gasteiger partial charge >= 0.3 is 11.9 Å². The van der Waals surface area contributed by atoms with E-state index in [1.54, 1.807) is 13.8 Å². The van der Waals surface area contributed by atoms with Gasteiger partial charge in [-0.15, -0.1) is 0 Å².